The lowest BCUT2D eigenvalue weighted by Gasteiger charge is -2.20. The van der Waals surface area contributed by atoms with Gasteiger partial charge in [0.05, 0.1) is 6.26 Å². The van der Waals surface area contributed by atoms with Crippen LogP contribution in [0.4, 0.5) is 0 Å². The molecular weight excluding hydrogens is 384 g/mol. The molecule has 148 valence electrons. The molecule has 5 N–H and O–H groups in total. The molecule has 2 unspecified atom stereocenters. The highest BCUT2D eigenvalue weighted by Gasteiger charge is 2.29. The highest BCUT2D eigenvalue weighted by molar-refractivity contribution is 5.99. The number of rotatable bonds is 5. The summed E-state index contributed by atoms with van der Waals surface area (Å²) in [7, 11) is 0. The van der Waals surface area contributed by atoms with E-state index >= 15 is 0 Å². The van der Waals surface area contributed by atoms with Crippen LogP contribution >= 0.6 is 12.4 Å². The quantitative estimate of drug-likeness (QED) is 0.586. The number of aromatic nitrogens is 3. The van der Waals surface area contributed by atoms with Crippen molar-refractivity contribution in [3.8, 4) is 11.5 Å². The number of hydrogen-bond donors (Lipinski definition) is 3. The monoisotopic (exact) mass is 404 g/mol. The molecule has 0 saturated heterocycles. The molecule has 0 aromatic carbocycles. The van der Waals surface area contributed by atoms with Gasteiger partial charge >= 0.3 is 0 Å². The van der Waals surface area contributed by atoms with E-state index in [-0.39, 0.29) is 41.6 Å². The fourth-order valence-electron chi connectivity index (χ4n) is 3.62. The van der Waals surface area contributed by atoms with Gasteiger partial charge in [-0.2, -0.15) is 0 Å². The molecule has 4 rings (SSSR count). The van der Waals surface area contributed by atoms with Crippen LogP contribution in [-0.2, 0) is 0 Å². The number of furan rings is 1. The van der Waals surface area contributed by atoms with Crippen molar-refractivity contribution in [3.05, 3.63) is 42.2 Å². The van der Waals surface area contributed by atoms with Crippen molar-refractivity contribution >= 4 is 29.9 Å². The minimum Gasteiger partial charge on any atom is -0.463 e. The maximum atomic E-state index is 13.0. The van der Waals surface area contributed by atoms with E-state index in [1.165, 1.54) is 17.0 Å². The van der Waals surface area contributed by atoms with Gasteiger partial charge in [0.15, 0.2) is 17.1 Å². The Balaban J connectivity index is 0.00000225. The number of imidazole rings is 1. The molecule has 9 nitrogen and oxygen atoms in total. The maximum Gasteiger partial charge on any atom is 0.271 e. The molecule has 0 bridgehead atoms. The van der Waals surface area contributed by atoms with Gasteiger partial charge in [-0.05, 0) is 43.5 Å². The van der Waals surface area contributed by atoms with Crippen molar-refractivity contribution in [2.24, 2.45) is 17.4 Å². The van der Waals surface area contributed by atoms with Gasteiger partial charge in [-0.15, -0.1) is 12.4 Å². The summed E-state index contributed by atoms with van der Waals surface area (Å²) < 4.78 is 6.86. The first-order valence-electron chi connectivity index (χ1n) is 8.81. The third-order valence-corrected chi connectivity index (χ3v) is 5.02. The Labute approximate surface area is 166 Å². The van der Waals surface area contributed by atoms with E-state index in [0.717, 1.165) is 19.3 Å². The Hall–Kier alpha value is -2.91. The molecule has 1 aliphatic carbocycles. The van der Waals surface area contributed by atoms with Crippen LogP contribution < -0.4 is 16.8 Å². The second-order valence-electron chi connectivity index (χ2n) is 6.66. The number of halogens is 1. The van der Waals surface area contributed by atoms with Crippen LogP contribution in [0.3, 0.4) is 0 Å². The van der Waals surface area contributed by atoms with E-state index in [1.54, 1.807) is 18.2 Å². The highest BCUT2D eigenvalue weighted by atomic mass is 35.5. The predicted molar refractivity (Wildman–Crippen MR) is 104 cm³/mol. The highest BCUT2D eigenvalue weighted by Crippen LogP contribution is 2.26. The van der Waals surface area contributed by atoms with Gasteiger partial charge < -0.3 is 21.2 Å². The Morgan fingerprint density at radius 3 is 2.86 bits per heavy atom. The van der Waals surface area contributed by atoms with Crippen molar-refractivity contribution in [1.82, 2.24) is 19.7 Å². The third-order valence-electron chi connectivity index (χ3n) is 5.02. The zero-order valence-electron chi connectivity index (χ0n) is 15.0. The normalized spacial score (nSPS) is 18.8. The average Bonchev–Trinajstić information content (AvgIpc) is 3.40. The molecule has 0 aliphatic heterocycles. The summed E-state index contributed by atoms with van der Waals surface area (Å²) in [6.45, 7) is 0.533. The summed E-state index contributed by atoms with van der Waals surface area (Å²) in [5, 5.41) is 3.06. The molecule has 10 heteroatoms. The molecule has 3 heterocycles. The number of hydrogen-bond acceptors (Lipinski definition) is 6. The summed E-state index contributed by atoms with van der Waals surface area (Å²) >= 11 is 0. The summed E-state index contributed by atoms with van der Waals surface area (Å²) in [5.41, 5.74) is 12.1. The first-order valence-corrected chi connectivity index (χ1v) is 8.81. The van der Waals surface area contributed by atoms with Crippen molar-refractivity contribution < 1.29 is 14.0 Å². The summed E-state index contributed by atoms with van der Waals surface area (Å²) in [4.78, 5) is 33.1. The lowest BCUT2D eigenvalue weighted by molar-refractivity contribution is 0.0921. The molecule has 2 atom stereocenters. The molecule has 2 amide bonds. The standard InChI is InChI=1S/C18H20N6O3.ClH/c19-8-10-3-1-4-11(10)23-18(26)13-7-12(14-5-2-6-27-14)22-17-15(16(20)25)21-9-24(13)17;/h2,5-7,9-11H,1,3-4,8,19H2,(H2,20,25)(H,23,26);1H. The lowest BCUT2D eigenvalue weighted by Crippen LogP contribution is -2.40. The van der Waals surface area contributed by atoms with Crippen molar-refractivity contribution in [2.45, 2.75) is 25.3 Å². The Bertz CT molecular complexity index is 1000. The summed E-state index contributed by atoms with van der Waals surface area (Å²) in [6.07, 6.45) is 5.81. The van der Waals surface area contributed by atoms with Crippen LogP contribution in [0.1, 0.15) is 40.2 Å². The van der Waals surface area contributed by atoms with Crippen LogP contribution in [0.5, 0.6) is 0 Å². The van der Waals surface area contributed by atoms with Gasteiger partial charge in [-0.25, -0.2) is 9.97 Å². The van der Waals surface area contributed by atoms with Crippen LogP contribution in [0.25, 0.3) is 17.1 Å². The van der Waals surface area contributed by atoms with Gasteiger partial charge in [0, 0.05) is 6.04 Å². The van der Waals surface area contributed by atoms with E-state index in [4.69, 9.17) is 15.9 Å². The second kappa shape index (κ2) is 7.99. The van der Waals surface area contributed by atoms with Crippen LogP contribution in [-0.4, -0.2) is 38.8 Å². The van der Waals surface area contributed by atoms with E-state index in [2.05, 4.69) is 15.3 Å². The molecule has 1 aliphatic rings. The Kier molecular flexibility index (Phi) is 5.66. The molecule has 1 saturated carbocycles. The van der Waals surface area contributed by atoms with Crippen molar-refractivity contribution in [2.75, 3.05) is 6.54 Å². The van der Waals surface area contributed by atoms with E-state index in [9.17, 15) is 9.59 Å². The van der Waals surface area contributed by atoms with E-state index in [0.29, 0.717) is 23.7 Å². The van der Waals surface area contributed by atoms with Gasteiger partial charge in [-0.3, -0.25) is 14.0 Å². The van der Waals surface area contributed by atoms with Gasteiger partial charge in [0.25, 0.3) is 11.8 Å². The molecule has 28 heavy (non-hydrogen) atoms. The zero-order valence-corrected chi connectivity index (χ0v) is 15.8. The van der Waals surface area contributed by atoms with E-state index < -0.39 is 5.91 Å². The number of amides is 2. The van der Waals surface area contributed by atoms with Crippen LogP contribution in [0, 0.1) is 5.92 Å². The number of carbonyl (C=O) groups is 2. The van der Waals surface area contributed by atoms with Gasteiger partial charge in [0.1, 0.15) is 17.7 Å². The van der Waals surface area contributed by atoms with E-state index in [1.807, 2.05) is 0 Å². The third kappa shape index (κ3) is 3.46. The fraction of sp³-hybridized carbons (Fsp3) is 0.333. The molecular formula is C18H21ClN6O3. The minimum absolute atomic E-state index is 0. The molecule has 1 fully saturated rings. The number of nitrogens with two attached hydrogens (primary N) is 2. The van der Waals surface area contributed by atoms with Crippen molar-refractivity contribution in [1.29, 1.82) is 0 Å². The van der Waals surface area contributed by atoms with Crippen LogP contribution in [0.15, 0.2) is 35.2 Å². The first-order chi connectivity index (χ1) is 13.1. The summed E-state index contributed by atoms with van der Waals surface area (Å²) in [5.74, 6) is -0.260. The lowest BCUT2D eigenvalue weighted by atomic mass is 10.0. The smallest absolute Gasteiger partial charge is 0.271 e. The first kappa shape index (κ1) is 19.8. The molecule has 3 aromatic heterocycles. The number of primary amides is 1. The minimum atomic E-state index is -0.716. The largest absolute Gasteiger partial charge is 0.463 e. The SMILES string of the molecule is Cl.NCC1CCCC1NC(=O)c1cc(-c2ccco2)nc2c(C(N)=O)ncn12. The molecule has 3 aromatic rings. The zero-order chi connectivity index (χ0) is 19.0. The number of nitrogens with zero attached hydrogens (tertiary/aromatic N) is 3. The second-order valence-corrected chi connectivity index (χ2v) is 6.66. The van der Waals surface area contributed by atoms with Crippen molar-refractivity contribution in [3.63, 3.8) is 0 Å². The molecule has 0 spiro atoms. The summed E-state index contributed by atoms with van der Waals surface area (Å²) in [6, 6.07) is 5.08. The van der Waals surface area contributed by atoms with Crippen LogP contribution in [0.2, 0.25) is 0 Å². The predicted octanol–water partition coefficient (Wildman–Crippen LogP) is 1.37. The fourth-order valence-corrected chi connectivity index (χ4v) is 3.62. The number of fused-ring (bicyclic) bond motifs is 1. The average molecular weight is 405 g/mol. The van der Waals surface area contributed by atoms with Gasteiger partial charge in [0.2, 0.25) is 0 Å². The number of nitrogens with one attached hydrogen (secondary N) is 1. The number of carbonyl (C=O) groups excluding carboxylic acids is 2. The molecule has 0 radical (unpaired) electrons. The maximum absolute atomic E-state index is 13.0. The topological polar surface area (TPSA) is 142 Å². The Morgan fingerprint density at radius 2 is 2.18 bits per heavy atom. The Morgan fingerprint density at radius 1 is 1.36 bits per heavy atom. The van der Waals surface area contributed by atoms with Gasteiger partial charge in [-0.1, -0.05) is 6.42 Å².